The van der Waals surface area contributed by atoms with Gasteiger partial charge in [-0.1, -0.05) is 70.2 Å². The fourth-order valence-corrected chi connectivity index (χ4v) is 4.77. The van der Waals surface area contributed by atoms with Gasteiger partial charge in [-0.15, -0.1) is 0 Å². The number of ether oxygens (including phenoxy) is 2. The minimum atomic E-state index is -1.54. The first-order chi connectivity index (χ1) is 17.4. The highest BCUT2D eigenvalue weighted by Gasteiger charge is 2.28. The number of benzene rings is 2. The van der Waals surface area contributed by atoms with Gasteiger partial charge in [0.05, 0.1) is 6.61 Å². The molecule has 0 bridgehead atoms. The Morgan fingerprint density at radius 2 is 1.58 bits per heavy atom. The molecule has 0 aromatic heterocycles. The van der Waals surface area contributed by atoms with Crippen molar-refractivity contribution in [3.8, 4) is 16.9 Å². The SMILES string of the molecule is CCCCCCOc1ccc(-c2ccc([C@H]3CC[C@H](OC(=O)[C@@H](F)CCCC)CC3)cc2)c(F)c1F. The molecule has 1 aliphatic rings. The van der Waals surface area contributed by atoms with Crippen molar-refractivity contribution >= 4 is 5.97 Å². The lowest BCUT2D eigenvalue weighted by Gasteiger charge is -2.29. The number of unbranched alkanes of at least 4 members (excludes halogenated alkanes) is 4. The molecule has 36 heavy (non-hydrogen) atoms. The number of hydrogen-bond acceptors (Lipinski definition) is 3. The van der Waals surface area contributed by atoms with E-state index in [-0.39, 0.29) is 23.8 Å². The molecular formula is C30H39F3O3. The lowest BCUT2D eigenvalue weighted by Crippen LogP contribution is -2.28. The molecule has 2 aromatic carbocycles. The second-order valence-corrected chi connectivity index (χ2v) is 9.79. The summed E-state index contributed by atoms with van der Waals surface area (Å²) in [6, 6.07) is 10.6. The first kappa shape index (κ1) is 28.1. The molecule has 0 N–H and O–H groups in total. The lowest BCUT2D eigenvalue weighted by molar-refractivity contribution is -0.157. The van der Waals surface area contributed by atoms with Gasteiger partial charge in [-0.3, -0.25) is 0 Å². The Morgan fingerprint density at radius 3 is 2.25 bits per heavy atom. The van der Waals surface area contributed by atoms with E-state index in [2.05, 4.69) is 6.92 Å². The molecule has 0 unspecified atom stereocenters. The molecule has 0 saturated heterocycles. The maximum atomic E-state index is 14.8. The quantitative estimate of drug-likeness (QED) is 0.202. The van der Waals surface area contributed by atoms with E-state index in [1.165, 1.54) is 6.07 Å². The van der Waals surface area contributed by atoms with Gasteiger partial charge in [0.15, 0.2) is 17.7 Å². The molecule has 198 valence electrons. The van der Waals surface area contributed by atoms with E-state index in [0.29, 0.717) is 37.4 Å². The number of rotatable bonds is 13. The Labute approximate surface area is 213 Å². The third-order valence-corrected chi connectivity index (χ3v) is 7.02. The molecule has 0 spiro atoms. The average molecular weight is 505 g/mol. The van der Waals surface area contributed by atoms with Crippen LogP contribution in [0.4, 0.5) is 13.2 Å². The van der Waals surface area contributed by atoms with Gasteiger partial charge in [0.2, 0.25) is 5.82 Å². The fraction of sp³-hybridized carbons (Fsp3) is 0.567. The van der Waals surface area contributed by atoms with Gasteiger partial charge in [-0.2, -0.15) is 4.39 Å². The van der Waals surface area contributed by atoms with Crippen LogP contribution in [0.5, 0.6) is 5.75 Å². The monoisotopic (exact) mass is 504 g/mol. The summed E-state index contributed by atoms with van der Waals surface area (Å²) in [4.78, 5) is 11.9. The van der Waals surface area contributed by atoms with Gasteiger partial charge in [0.25, 0.3) is 0 Å². The highest BCUT2D eigenvalue weighted by Crippen LogP contribution is 2.36. The average Bonchev–Trinajstić information content (AvgIpc) is 2.90. The van der Waals surface area contributed by atoms with E-state index in [0.717, 1.165) is 50.5 Å². The molecule has 1 fully saturated rings. The highest BCUT2D eigenvalue weighted by molar-refractivity contribution is 5.74. The standard InChI is InChI=1S/C30H39F3O3/c1-3-5-7-8-20-35-27-19-18-25(28(32)29(27)33)23-12-10-21(11-13-23)22-14-16-24(17-15-22)36-30(34)26(31)9-6-4-2/h10-13,18-19,22,24,26H,3-9,14-17,20H2,1-2H3/t22-,24-,26-/m0/s1. The van der Waals surface area contributed by atoms with Crippen LogP contribution in [-0.2, 0) is 9.53 Å². The molecule has 0 radical (unpaired) electrons. The third-order valence-electron chi connectivity index (χ3n) is 7.02. The zero-order chi connectivity index (χ0) is 25.9. The first-order valence-electron chi connectivity index (χ1n) is 13.5. The molecular weight excluding hydrogens is 465 g/mol. The van der Waals surface area contributed by atoms with Crippen molar-refractivity contribution in [1.29, 1.82) is 0 Å². The van der Waals surface area contributed by atoms with Crippen molar-refractivity contribution in [2.75, 3.05) is 6.61 Å². The van der Waals surface area contributed by atoms with Crippen LogP contribution in [0.15, 0.2) is 36.4 Å². The zero-order valence-electron chi connectivity index (χ0n) is 21.5. The normalized spacial score (nSPS) is 18.6. The Hall–Kier alpha value is -2.50. The predicted molar refractivity (Wildman–Crippen MR) is 137 cm³/mol. The number of hydrogen-bond donors (Lipinski definition) is 0. The molecule has 0 amide bonds. The van der Waals surface area contributed by atoms with E-state index >= 15 is 0 Å². The molecule has 1 aliphatic carbocycles. The summed E-state index contributed by atoms with van der Waals surface area (Å²) >= 11 is 0. The van der Waals surface area contributed by atoms with E-state index in [4.69, 9.17) is 9.47 Å². The molecule has 3 nitrogen and oxygen atoms in total. The van der Waals surface area contributed by atoms with Crippen LogP contribution in [0.1, 0.15) is 96.0 Å². The van der Waals surface area contributed by atoms with Crippen molar-refractivity contribution in [3.63, 3.8) is 0 Å². The van der Waals surface area contributed by atoms with Crippen molar-refractivity contribution in [2.45, 2.75) is 103 Å². The van der Waals surface area contributed by atoms with E-state index in [1.807, 2.05) is 31.2 Å². The summed E-state index contributed by atoms with van der Waals surface area (Å²) in [5.41, 5.74) is 1.92. The summed E-state index contributed by atoms with van der Waals surface area (Å²) in [5, 5.41) is 0. The molecule has 6 heteroatoms. The number of halogens is 3. The molecule has 1 atom stereocenters. The fourth-order valence-electron chi connectivity index (χ4n) is 4.77. The minimum absolute atomic E-state index is 0.0497. The van der Waals surface area contributed by atoms with Crippen LogP contribution in [0.25, 0.3) is 11.1 Å². The smallest absolute Gasteiger partial charge is 0.340 e. The largest absolute Gasteiger partial charge is 0.490 e. The van der Waals surface area contributed by atoms with Gasteiger partial charge in [-0.25, -0.2) is 13.6 Å². The van der Waals surface area contributed by atoms with Crippen LogP contribution in [-0.4, -0.2) is 24.9 Å². The minimum Gasteiger partial charge on any atom is -0.490 e. The predicted octanol–water partition coefficient (Wildman–Crippen LogP) is 8.69. The van der Waals surface area contributed by atoms with Gasteiger partial charge >= 0.3 is 5.97 Å². The van der Waals surface area contributed by atoms with Gasteiger partial charge in [0, 0.05) is 5.56 Å². The number of carbonyl (C=O) groups is 1. The van der Waals surface area contributed by atoms with Crippen molar-refractivity contribution in [1.82, 2.24) is 0 Å². The van der Waals surface area contributed by atoms with E-state index in [9.17, 15) is 18.0 Å². The second kappa shape index (κ2) is 14.3. The number of alkyl halides is 1. The molecule has 1 saturated carbocycles. The lowest BCUT2D eigenvalue weighted by atomic mass is 9.82. The number of carbonyl (C=O) groups excluding carboxylic acids is 1. The molecule has 0 aliphatic heterocycles. The van der Waals surface area contributed by atoms with E-state index in [1.54, 1.807) is 6.07 Å². The second-order valence-electron chi connectivity index (χ2n) is 9.79. The van der Waals surface area contributed by atoms with Crippen LogP contribution >= 0.6 is 0 Å². The summed E-state index contributed by atoms with van der Waals surface area (Å²) in [7, 11) is 0. The van der Waals surface area contributed by atoms with E-state index < -0.39 is 23.8 Å². The molecule has 2 aromatic rings. The maximum absolute atomic E-state index is 14.8. The van der Waals surface area contributed by atoms with Crippen LogP contribution in [0.2, 0.25) is 0 Å². The topological polar surface area (TPSA) is 35.5 Å². The Bertz CT molecular complexity index is 953. The van der Waals surface area contributed by atoms with Crippen molar-refractivity contribution < 1.29 is 27.4 Å². The maximum Gasteiger partial charge on any atom is 0.340 e. The van der Waals surface area contributed by atoms with Crippen molar-refractivity contribution in [3.05, 3.63) is 53.6 Å². The third kappa shape index (κ3) is 7.75. The van der Waals surface area contributed by atoms with Crippen molar-refractivity contribution in [2.24, 2.45) is 0 Å². The Kier molecular flexibility index (Phi) is 11.1. The van der Waals surface area contributed by atoms with Crippen LogP contribution in [0, 0.1) is 11.6 Å². The van der Waals surface area contributed by atoms with Gasteiger partial charge in [-0.05, 0) is 67.7 Å². The summed E-state index contributed by atoms with van der Waals surface area (Å²) in [5.74, 6) is -2.35. The van der Waals surface area contributed by atoms with Gasteiger partial charge < -0.3 is 9.47 Å². The number of esters is 1. The zero-order valence-corrected chi connectivity index (χ0v) is 21.5. The first-order valence-corrected chi connectivity index (χ1v) is 13.5. The van der Waals surface area contributed by atoms with Crippen LogP contribution in [0.3, 0.4) is 0 Å². The summed E-state index contributed by atoms with van der Waals surface area (Å²) in [6.45, 7) is 4.45. The molecule has 0 heterocycles. The summed E-state index contributed by atoms with van der Waals surface area (Å²) in [6.07, 6.45) is 7.04. The molecule has 3 rings (SSSR count). The Balaban J connectivity index is 1.53. The van der Waals surface area contributed by atoms with Gasteiger partial charge in [0.1, 0.15) is 6.10 Å². The van der Waals surface area contributed by atoms with Crippen LogP contribution < -0.4 is 4.74 Å². The highest BCUT2D eigenvalue weighted by atomic mass is 19.2. The Morgan fingerprint density at radius 1 is 0.889 bits per heavy atom. The summed E-state index contributed by atoms with van der Waals surface area (Å²) < 4.78 is 54.1.